The summed E-state index contributed by atoms with van der Waals surface area (Å²) in [7, 11) is 0. The molecule has 1 aromatic rings. The second-order valence-corrected chi connectivity index (χ2v) is 6.23. The Bertz CT molecular complexity index is 615. The number of carbonyl (C=O) groups excluding carboxylic acids is 3. The lowest BCUT2D eigenvalue weighted by Gasteiger charge is -2.30. The normalized spacial score (nSPS) is 10.7. The molecule has 0 radical (unpaired) electrons. The van der Waals surface area contributed by atoms with Crippen molar-refractivity contribution in [1.29, 1.82) is 0 Å². The van der Waals surface area contributed by atoms with Gasteiger partial charge in [0.05, 0.1) is 5.69 Å². The molecule has 0 aromatic heterocycles. The van der Waals surface area contributed by atoms with Gasteiger partial charge in [0.15, 0.2) is 12.4 Å². The fraction of sp³-hybridized carbons (Fsp3) is 0.500. The average Bonchev–Trinajstić information content (AvgIpc) is 2.44. The number of Topliss-reactive ketones (excluding diaryl/α,β-unsaturated/α-hetero) is 1. The third-order valence-corrected chi connectivity index (χ3v) is 3.45. The summed E-state index contributed by atoms with van der Waals surface area (Å²) in [6.07, 6.45) is 0. The van der Waals surface area contributed by atoms with E-state index in [2.05, 4.69) is 5.32 Å². The zero-order chi connectivity index (χ0) is 18.4. The molecule has 1 N–H and O–H groups in total. The number of benzene rings is 1. The SMILES string of the molecule is CC(=O)Nc1ccc(C(C)=O)cc1OCC(=O)N(C(C)C)C(C)C. The summed E-state index contributed by atoms with van der Waals surface area (Å²) in [4.78, 5) is 37.0. The first-order valence-electron chi connectivity index (χ1n) is 8.00. The molecule has 0 spiro atoms. The largest absolute Gasteiger partial charge is 0.482 e. The van der Waals surface area contributed by atoms with Crippen LogP contribution in [-0.4, -0.2) is 41.2 Å². The van der Waals surface area contributed by atoms with Crippen LogP contribution in [0.1, 0.15) is 51.9 Å². The topological polar surface area (TPSA) is 75.7 Å². The molecule has 0 saturated carbocycles. The van der Waals surface area contributed by atoms with Gasteiger partial charge >= 0.3 is 0 Å². The van der Waals surface area contributed by atoms with Crippen molar-refractivity contribution < 1.29 is 19.1 Å². The number of hydrogen-bond acceptors (Lipinski definition) is 4. The van der Waals surface area contributed by atoms with Gasteiger partial charge in [0, 0.05) is 24.6 Å². The Morgan fingerprint density at radius 1 is 1.08 bits per heavy atom. The van der Waals surface area contributed by atoms with Crippen LogP contribution < -0.4 is 10.1 Å². The minimum Gasteiger partial charge on any atom is -0.482 e. The van der Waals surface area contributed by atoms with Crippen LogP contribution in [0, 0.1) is 0 Å². The Balaban J connectivity index is 2.99. The summed E-state index contributed by atoms with van der Waals surface area (Å²) in [5, 5.41) is 2.64. The molecule has 6 heteroatoms. The summed E-state index contributed by atoms with van der Waals surface area (Å²) in [5.41, 5.74) is 0.886. The number of amides is 2. The smallest absolute Gasteiger partial charge is 0.260 e. The van der Waals surface area contributed by atoms with Crippen LogP contribution in [0.5, 0.6) is 5.75 Å². The van der Waals surface area contributed by atoms with Crippen LogP contribution in [0.2, 0.25) is 0 Å². The van der Waals surface area contributed by atoms with Crippen molar-refractivity contribution in [2.75, 3.05) is 11.9 Å². The van der Waals surface area contributed by atoms with Crippen LogP contribution in [0.25, 0.3) is 0 Å². The molecule has 2 amide bonds. The van der Waals surface area contributed by atoms with Crippen molar-refractivity contribution in [2.45, 2.75) is 53.6 Å². The monoisotopic (exact) mass is 334 g/mol. The van der Waals surface area contributed by atoms with E-state index in [-0.39, 0.29) is 36.3 Å². The first-order chi connectivity index (χ1) is 11.1. The van der Waals surface area contributed by atoms with Gasteiger partial charge in [-0.2, -0.15) is 0 Å². The number of rotatable bonds is 7. The van der Waals surface area contributed by atoms with Crippen molar-refractivity contribution in [2.24, 2.45) is 0 Å². The number of anilines is 1. The molecule has 0 aliphatic rings. The van der Waals surface area contributed by atoms with Gasteiger partial charge in [0.2, 0.25) is 5.91 Å². The Hall–Kier alpha value is -2.37. The molecule has 0 aliphatic carbocycles. The molecule has 0 heterocycles. The second kappa shape index (κ2) is 8.47. The Labute approximate surface area is 143 Å². The van der Waals surface area contributed by atoms with Gasteiger partial charge in [0.1, 0.15) is 5.75 Å². The molecule has 0 bridgehead atoms. The minimum atomic E-state index is -0.257. The Morgan fingerprint density at radius 3 is 2.12 bits per heavy atom. The molecule has 132 valence electrons. The first-order valence-corrected chi connectivity index (χ1v) is 8.00. The zero-order valence-corrected chi connectivity index (χ0v) is 15.2. The fourth-order valence-corrected chi connectivity index (χ4v) is 2.54. The van der Waals surface area contributed by atoms with Gasteiger partial charge in [-0.15, -0.1) is 0 Å². The van der Waals surface area contributed by atoms with Crippen LogP contribution in [0.3, 0.4) is 0 Å². The standard InChI is InChI=1S/C18H26N2O4/c1-11(2)20(12(3)4)18(23)10-24-17-9-15(13(5)21)7-8-16(17)19-14(6)22/h7-9,11-12H,10H2,1-6H3,(H,19,22). The van der Waals surface area contributed by atoms with Crippen LogP contribution >= 0.6 is 0 Å². The minimum absolute atomic E-state index is 0.0551. The van der Waals surface area contributed by atoms with Gasteiger partial charge in [-0.1, -0.05) is 0 Å². The molecular weight excluding hydrogens is 308 g/mol. The second-order valence-electron chi connectivity index (χ2n) is 6.23. The van der Waals surface area contributed by atoms with E-state index in [9.17, 15) is 14.4 Å². The molecule has 0 aliphatic heterocycles. The number of nitrogens with zero attached hydrogens (tertiary/aromatic N) is 1. The van der Waals surface area contributed by atoms with Crippen molar-refractivity contribution >= 4 is 23.3 Å². The predicted octanol–water partition coefficient (Wildman–Crippen LogP) is 2.87. The molecule has 0 unspecified atom stereocenters. The predicted molar refractivity (Wildman–Crippen MR) is 93.4 cm³/mol. The van der Waals surface area contributed by atoms with E-state index in [1.54, 1.807) is 17.0 Å². The summed E-state index contributed by atoms with van der Waals surface area (Å²) < 4.78 is 5.61. The van der Waals surface area contributed by atoms with Crippen molar-refractivity contribution in [1.82, 2.24) is 4.90 Å². The maximum Gasteiger partial charge on any atom is 0.260 e. The third kappa shape index (κ3) is 5.37. The Kier molecular flexibility index (Phi) is 6.95. The number of hydrogen-bond donors (Lipinski definition) is 1. The molecule has 6 nitrogen and oxygen atoms in total. The quantitative estimate of drug-likeness (QED) is 0.778. The van der Waals surface area contributed by atoms with E-state index in [4.69, 9.17) is 4.74 Å². The molecular formula is C18H26N2O4. The highest BCUT2D eigenvalue weighted by molar-refractivity contribution is 5.96. The molecule has 0 atom stereocenters. The average molecular weight is 334 g/mol. The van der Waals surface area contributed by atoms with Crippen molar-refractivity contribution in [3.8, 4) is 5.75 Å². The van der Waals surface area contributed by atoms with Crippen LogP contribution in [0.15, 0.2) is 18.2 Å². The summed E-state index contributed by atoms with van der Waals surface area (Å²) in [5.74, 6) is -0.222. The highest BCUT2D eigenvalue weighted by atomic mass is 16.5. The van der Waals surface area contributed by atoms with E-state index >= 15 is 0 Å². The molecule has 24 heavy (non-hydrogen) atoms. The number of ketones is 1. The van der Waals surface area contributed by atoms with Gasteiger partial charge < -0.3 is 15.0 Å². The lowest BCUT2D eigenvalue weighted by atomic mass is 10.1. The lowest BCUT2D eigenvalue weighted by Crippen LogP contribution is -2.44. The van der Waals surface area contributed by atoms with E-state index in [0.717, 1.165) is 0 Å². The van der Waals surface area contributed by atoms with Crippen molar-refractivity contribution in [3.05, 3.63) is 23.8 Å². The third-order valence-electron chi connectivity index (χ3n) is 3.45. The van der Waals surface area contributed by atoms with Crippen LogP contribution in [0.4, 0.5) is 5.69 Å². The van der Waals surface area contributed by atoms with Crippen LogP contribution in [-0.2, 0) is 9.59 Å². The lowest BCUT2D eigenvalue weighted by molar-refractivity contribution is -0.136. The van der Waals surface area contributed by atoms with Gasteiger partial charge in [0.25, 0.3) is 5.91 Å². The first kappa shape index (κ1) is 19.7. The highest BCUT2D eigenvalue weighted by Gasteiger charge is 2.21. The maximum atomic E-state index is 12.4. The molecule has 0 saturated heterocycles. The van der Waals surface area contributed by atoms with E-state index in [0.29, 0.717) is 17.0 Å². The van der Waals surface area contributed by atoms with Gasteiger partial charge in [-0.3, -0.25) is 14.4 Å². The zero-order valence-electron chi connectivity index (χ0n) is 15.2. The van der Waals surface area contributed by atoms with Gasteiger partial charge in [-0.25, -0.2) is 0 Å². The summed E-state index contributed by atoms with van der Waals surface area (Å²) >= 11 is 0. The summed E-state index contributed by atoms with van der Waals surface area (Å²) in [6.45, 7) is 10.4. The van der Waals surface area contributed by atoms with E-state index in [1.807, 2.05) is 27.7 Å². The molecule has 1 rings (SSSR count). The maximum absolute atomic E-state index is 12.4. The highest BCUT2D eigenvalue weighted by Crippen LogP contribution is 2.26. The number of nitrogens with one attached hydrogen (secondary N) is 1. The molecule has 1 aromatic carbocycles. The van der Waals surface area contributed by atoms with E-state index < -0.39 is 0 Å². The fourth-order valence-electron chi connectivity index (χ4n) is 2.54. The summed E-state index contributed by atoms with van der Waals surface area (Å²) in [6, 6.07) is 4.85. The van der Waals surface area contributed by atoms with Crippen molar-refractivity contribution in [3.63, 3.8) is 0 Å². The number of ether oxygens (including phenoxy) is 1. The van der Waals surface area contributed by atoms with Gasteiger partial charge in [-0.05, 0) is 52.8 Å². The Morgan fingerprint density at radius 2 is 1.67 bits per heavy atom. The van der Waals surface area contributed by atoms with E-state index in [1.165, 1.54) is 19.9 Å². The molecule has 0 fully saturated rings. The number of carbonyl (C=O) groups is 3.